The van der Waals surface area contributed by atoms with Crippen LogP contribution in [0, 0.1) is 5.92 Å². The molecule has 0 fully saturated rings. The van der Waals surface area contributed by atoms with Crippen LogP contribution in [-0.2, 0) is 0 Å². The Hall–Kier alpha value is -1.51. The lowest BCUT2D eigenvalue weighted by Crippen LogP contribution is -2.15. The third kappa shape index (κ3) is 5.33. The van der Waals surface area contributed by atoms with E-state index >= 15 is 0 Å². The zero-order valence-corrected chi connectivity index (χ0v) is 12.5. The number of Topliss-reactive ketones (excluding diaryl/α,β-unsaturated/α-hetero) is 1. The molecule has 3 heteroatoms. The van der Waals surface area contributed by atoms with Gasteiger partial charge in [-0.15, -0.1) is 0 Å². The highest BCUT2D eigenvalue weighted by molar-refractivity contribution is 6.00. The van der Waals surface area contributed by atoms with Crippen LogP contribution in [0.25, 0.3) is 0 Å². The first kappa shape index (κ1) is 15.5. The number of rotatable bonds is 7. The van der Waals surface area contributed by atoms with Crippen molar-refractivity contribution in [2.75, 3.05) is 11.1 Å². The van der Waals surface area contributed by atoms with Crippen LogP contribution in [0.3, 0.4) is 0 Å². The van der Waals surface area contributed by atoms with Gasteiger partial charge in [-0.05, 0) is 44.4 Å². The van der Waals surface area contributed by atoms with Crippen molar-refractivity contribution in [3.05, 3.63) is 23.8 Å². The van der Waals surface area contributed by atoms with Gasteiger partial charge >= 0.3 is 0 Å². The largest absolute Gasteiger partial charge is 0.398 e. The van der Waals surface area contributed by atoms with E-state index in [0.717, 1.165) is 18.0 Å². The summed E-state index contributed by atoms with van der Waals surface area (Å²) in [5.74, 6) is 0.765. The van der Waals surface area contributed by atoms with Gasteiger partial charge in [-0.1, -0.05) is 26.7 Å². The monoisotopic (exact) mass is 262 g/mol. The number of ketones is 1. The molecule has 0 bridgehead atoms. The second-order valence-electron chi connectivity index (χ2n) is 5.73. The molecule has 0 aromatic heterocycles. The van der Waals surface area contributed by atoms with E-state index in [9.17, 15) is 4.79 Å². The molecule has 0 aliphatic rings. The smallest absolute Gasteiger partial charge is 0.161 e. The van der Waals surface area contributed by atoms with Crippen molar-refractivity contribution in [3.63, 3.8) is 0 Å². The summed E-state index contributed by atoms with van der Waals surface area (Å²) < 4.78 is 0. The van der Waals surface area contributed by atoms with Gasteiger partial charge in [0.25, 0.3) is 0 Å². The van der Waals surface area contributed by atoms with Gasteiger partial charge in [0.1, 0.15) is 0 Å². The highest BCUT2D eigenvalue weighted by atomic mass is 16.1. The van der Waals surface area contributed by atoms with Crippen molar-refractivity contribution in [2.45, 2.75) is 53.0 Å². The van der Waals surface area contributed by atoms with E-state index in [4.69, 9.17) is 5.73 Å². The number of carbonyl (C=O) groups excluding carboxylic acids is 1. The van der Waals surface area contributed by atoms with Crippen LogP contribution < -0.4 is 11.1 Å². The standard InChI is InChI=1S/C16H26N2O/c1-11(2)6-5-7-12(3)18-14-8-9-16(17)15(10-14)13(4)19/h8-12,18H,5-7,17H2,1-4H3. The van der Waals surface area contributed by atoms with Gasteiger partial charge < -0.3 is 11.1 Å². The number of hydrogen-bond acceptors (Lipinski definition) is 3. The second-order valence-corrected chi connectivity index (χ2v) is 5.73. The van der Waals surface area contributed by atoms with Crippen LogP contribution in [0.2, 0.25) is 0 Å². The van der Waals surface area contributed by atoms with Gasteiger partial charge in [0.05, 0.1) is 0 Å². The number of nitrogens with one attached hydrogen (secondary N) is 1. The molecule has 0 saturated heterocycles. The van der Waals surface area contributed by atoms with Gasteiger partial charge in [-0.2, -0.15) is 0 Å². The Morgan fingerprint density at radius 2 is 1.95 bits per heavy atom. The summed E-state index contributed by atoms with van der Waals surface area (Å²) in [6.07, 6.45) is 3.62. The third-order valence-electron chi connectivity index (χ3n) is 3.26. The first-order valence-corrected chi connectivity index (χ1v) is 7.07. The fraction of sp³-hybridized carbons (Fsp3) is 0.562. The number of nitrogen functional groups attached to an aromatic ring is 1. The molecule has 19 heavy (non-hydrogen) atoms. The highest BCUT2D eigenvalue weighted by Gasteiger charge is 2.08. The summed E-state index contributed by atoms with van der Waals surface area (Å²) in [4.78, 5) is 11.4. The summed E-state index contributed by atoms with van der Waals surface area (Å²) >= 11 is 0. The molecule has 0 heterocycles. The van der Waals surface area contributed by atoms with E-state index in [0.29, 0.717) is 17.3 Å². The molecule has 3 nitrogen and oxygen atoms in total. The maximum absolute atomic E-state index is 11.4. The summed E-state index contributed by atoms with van der Waals surface area (Å²) in [5, 5.41) is 3.43. The molecule has 0 saturated carbocycles. The van der Waals surface area contributed by atoms with E-state index in [1.54, 1.807) is 13.0 Å². The SMILES string of the molecule is CC(=O)c1cc(NC(C)CCCC(C)C)ccc1N. The minimum atomic E-state index is 0.00797. The predicted octanol–water partition coefficient (Wildman–Crippen LogP) is 4.10. The Morgan fingerprint density at radius 3 is 2.53 bits per heavy atom. The molecule has 106 valence electrons. The van der Waals surface area contributed by atoms with Gasteiger partial charge in [0, 0.05) is 23.0 Å². The normalized spacial score (nSPS) is 12.5. The number of anilines is 2. The molecule has 1 atom stereocenters. The zero-order valence-electron chi connectivity index (χ0n) is 12.5. The maximum atomic E-state index is 11.4. The van der Waals surface area contributed by atoms with Gasteiger partial charge in [-0.3, -0.25) is 4.79 Å². The van der Waals surface area contributed by atoms with Crippen LogP contribution >= 0.6 is 0 Å². The Kier molecular flexibility index (Phi) is 5.87. The van der Waals surface area contributed by atoms with E-state index in [2.05, 4.69) is 26.1 Å². The van der Waals surface area contributed by atoms with Crippen molar-refractivity contribution in [1.29, 1.82) is 0 Å². The Balaban J connectivity index is 2.57. The minimum absolute atomic E-state index is 0.00797. The van der Waals surface area contributed by atoms with Crippen molar-refractivity contribution in [1.82, 2.24) is 0 Å². The minimum Gasteiger partial charge on any atom is -0.398 e. The molecule has 0 amide bonds. The van der Waals surface area contributed by atoms with E-state index < -0.39 is 0 Å². The highest BCUT2D eigenvalue weighted by Crippen LogP contribution is 2.20. The molecule has 1 aromatic rings. The van der Waals surface area contributed by atoms with E-state index in [-0.39, 0.29) is 5.78 Å². The first-order chi connectivity index (χ1) is 8.90. The summed E-state index contributed by atoms with van der Waals surface area (Å²) in [5.41, 5.74) is 7.90. The van der Waals surface area contributed by atoms with Crippen molar-refractivity contribution in [2.24, 2.45) is 5.92 Å². The van der Waals surface area contributed by atoms with Gasteiger partial charge in [-0.25, -0.2) is 0 Å². The molecular weight excluding hydrogens is 236 g/mol. The molecule has 0 spiro atoms. The Labute approximate surface area is 116 Å². The van der Waals surface area contributed by atoms with Crippen LogP contribution in [0.4, 0.5) is 11.4 Å². The summed E-state index contributed by atoms with van der Waals surface area (Å²) in [6.45, 7) is 8.21. The summed E-state index contributed by atoms with van der Waals surface area (Å²) in [7, 11) is 0. The number of nitrogens with two attached hydrogens (primary N) is 1. The van der Waals surface area contributed by atoms with Crippen LogP contribution in [0.1, 0.15) is 57.3 Å². The average Bonchev–Trinajstić information content (AvgIpc) is 2.30. The molecular formula is C16H26N2O. The van der Waals surface area contributed by atoms with Gasteiger partial charge in [0.15, 0.2) is 5.78 Å². The van der Waals surface area contributed by atoms with Crippen molar-refractivity contribution < 1.29 is 4.79 Å². The Morgan fingerprint density at radius 1 is 1.26 bits per heavy atom. The van der Waals surface area contributed by atoms with Crippen LogP contribution in [0.15, 0.2) is 18.2 Å². The van der Waals surface area contributed by atoms with E-state index in [1.807, 2.05) is 12.1 Å². The fourth-order valence-electron chi connectivity index (χ4n) is 2.14. The fourth-order valence-corrected chi connectivity index (χ4v) is 2.14. The molecule has 0 radical (unpaired) electrons. The lowest BCUT2D eigenvalue weighted by Gasteiger charge is -2.16. The van der Waals surface area contributed by atoms with E-state index in [1.165, 1.54) is 12.8 Å². The molecule has 3 N–H and O–H groups in total. The molecule has 1 rings (SSSR count). The summed E-state index contributed by atoms with van der Waals surface area (Å²) in [6, 6.07) is 5.97. The van der Waals surface area contributed by atoms with Crippen molar-refractivity contribution >= 4 is 17.2 Å². The lowest BCUT2D eigenvalue weighted by molar-refractivity contribution is 0.101. The van der Waals surface area contributed by atoms with Crippen molar-refractivity contribution in [3.8, 4) is 0 Å². The maximum Gasteiger partial charge on any atom is 0.161 e. The first-order valence-electron chi connectivity index (χ1n) is 7.07. The zero-order chi connectivity index (χ0) is 14.4. The second kappa shape index (κ2) is 7.17. The number of carbonyl (C=O) groups is 1. The van der Waals surface area contributed by atoms with Crippen LogP contribution in [0.5, 0.6) is 0 Å². The van der Waals surface area contributed by atoms with Crippen LogP contribution in [-0.4, -0.2) is 11.8 Å². The predicted molar refractivity (Wildman–Crippen MR) is 82.6 cm³/mol. The molecule has 1 unspecified atom stereocenters. The lowest BCUT2D eigenvalue weighted by atomic mass is 10.0. The van der Waals surface area contributed by atoms with Gasteiger partial charge in [0.2, 0.25) is 0 Å². The Bertz CT molecular complexity index is 427. The third-order valence-corrected chi connectivity index (χ3v) is 3.26. The number of hydrogen-bond donors (Lipinski definition) is 2. The molecule has 0 aliphatic heterocycles. The molecule has 1 aromatic carbocycles. The topological polar surface area (TPSA) is 55.1 Å². The average molecular weight is 262 g/mol. The number of benzene rings is 1. The quantitative estimate of drug-likeness (QED) is 0.574. The molecule has 0 aliphatic carbocycles.